The molecule has 0 aromatic heterocycles. The zero-order valence-corrected chi connectivity index (χ0v) is 27.6. The average Bonchev–Trinajstić information content (AvgIpc) is 3.84. The van der Waals surface area contributed by atoms with Crippen molar-refractivity contribution in [2.24, 2.45) is 0 Å². The quantitative estimate of drug-likeness (QED) is 0.126. The van der Waals surface area contributed by atoms with Crippen molar-refractivity contribution in [3.05, 3.63) is 205 Å². The first-order valence-electron chi connectivity index (χ1n) is 16.1. The lowest BCUT2D eigenvalue weighted by molar-refractivity contribution is 0.333. The third-order valence-electron chi connectivity index (χ3n) is 9.49. The molecule has 47 heavy (non-hydrogen) atoms. The van der Waals surface area contributed by atoms with Crippen LogP contribution in [0, 0.1) is 0 Å². The molecule has 2 atom stereocenters. The monoisotopic (exact) mass is 638 g/mol. The van der Waals surface area contributed by atoms with E-state index >= 15 is 0 Å². The molecule has 1 unspecified atom stereocenters. The maximum Gasteiger partial charge on any atom is 0.159 e. The number of hydrogen-bond donors (Lipinski definition) is 0. The Kier molecular flexibility index (Phi) is 7.02. The second-order valence-electron chi connectivity index (χ2n) is 12.1. The van der Waals surface area contributed by atoms with Crippen LogP contribution in [0.2, 0.25) is 0 Å². The lowest BCUT2D eigenvalue weighted by Crippen LogP contribution is -2.36. The van der Waals surface area contributed by atoms with Crippen LogP contribution in [0.15, 0.2) is 188 Å². The van der Waals surface area contributed by atoms with Crippen LogP contribution in [0.25, 0.3) is 16.8 Å². The summed E-state index contributed by atoms with van der Waals surface area (Å²) in [5.74, 6) is 0. The van der Waals surface area contributed by atoms with E-state index in [1.165, 1.54) is 54.0 Å². The Balaban J connectivity index is 1.40. The first-order valence-corrected chi connectivity index (χ1v) is 18.8. The first kappa shape index (κ1) is 28.6. The molecular weight excluding hydrogens is 606 g/mol. The zero-order chi connectivity index (χ0) is 31.3. The van der Waals surface area contributed by atoms with E-state index in [9.17, 15) is 0 Å². The first-order chi connectivity index (χ1) is 23.3. The van der Waals surface area contributed by atoms with Crippen LogP contribution in [0.4, 0.5) is 0 Å². The summed E-state index contributed by atoms with van der Waals surface area (Å²) >= 11 is 0. The average molecular weight is 639 g/mol. The van der Waals surface area contributed by atoms with Gasteiger partial charge in [-0.15, -0.1) is 0 Å². The van der Waals surface area contributed by atoms with Crippen molar-refractivity contribution in [3.8, 4) is 0 Å². The highest BCUT2D eigenvalue weighted by Crippen LogP contribution is 2.76. The van der Waals surface area contributed by atoms with Gasteiger partial charge >= 0.3 is 0 Å². The minimum atomic E-state index is -0.971. The summed E-state index contributed by atoms with van der Waals surface area (Å²) in [5, 5.41) is 8.56. The van der Waals surface area contributed by atoms with Crippen LogP contribution in [-0.2, 0) is 10.3 Å². The van der Waals surface area contributed by atoms with Gasteiger partial charge in [-0.25, -0.2) is 0 Å². The molecule has 7 aromatic carbocycles. The standard InChI is InChI=1S/C44H32OP2/c1-5-19-35(20-6-1)46(36-21-7-2-8-22-36)41-30-29-33-17-13-15-27-39(33)42(41)44-40-28-16-14-18-34(40)31-32-43(44,45-44)47(37-23-9-3-10-24-37)38-25-11-4-12-26-38/h1-32H/t43?,44-/m0/s1. The molecule has 2 aliphatic rings. The van der Waals surface area contributed by atoms with Gasteiger partial charge in [-0.3, -0.25) is 0 Å². The number of fused-ring (bicyclic) bond motifs is 4. The fourth-order valence-electron chi connectivity index (χ4n) is 7.50. The molecule has 0 amide bonds. The van der Waals surface area contributed by atoms with Gasteiger partial charge in [-0.2, -0.15) is 0 Å². The number of benzene rings is 7. The topological polar surface area (TPSA) is 12.5 Å². The smallest absolute Gasteiger partial charge is 0.159 e. The molecule has 0 spiro atoms. The summed E-state index contributed by atoms with van der Waals surface area (Å²) in [6, 6.07) is 66.7. The van der Waals surface area contributed by atoms with Crippen molar-refractivity contribution < 1.29 is 4.74 Å². The summed E-state index contributed by atoms with van der Waals surface area (Å²) in [7, 11) is -1.88. The van der Waals surface area contributed by atoms with Crippen LogP contribution in [0.3, 0.4) is 0 Å². The fourth-order valence-corrected chi connectivity index (χ4v) is 13.0. The highest BCUT2D eigenvalue weighted by atomic mass is 31.1. The molecule has 3 heteroatoms. The summed E-state index contributed by atoms with van der Waals surface area (Å²) in [5.41, 5.74) is 3.08. The Morgan fingerprint density at radius 3 is 1.57 bits per heavy atom. The molecule has 9 rings (SSSR count). The van der Waals surface area contributed by atoms with Crippen molar-refractivity contribution in [1.82, 2.24) is 0 Å². The van der Waals surface area contributed by atoms with E-state index in [0.29, 0.717) is 0 Å². The number of rotatable bonds is 7. The maximum absolute atomic E-state index is 7.66. The SMILES string of the molecule is C1=CC2(P(c3ccccc3)c3ccccc3)O[C@]2(c2c(P(c3ccccc3)c3ccccc3)ccc3ccccc23)c2ccccc21. The maximum atomic E-state index is 7.66. The highest BCUT2D eigenvalue weighted by molar-refractivity contribution is 7.80. The van der Waals surface area contributed by atoms with Gasteiger partial charge in [0.15, 0.2) is 10.9 Å². The second-order valence-corrected chi connectivity index (χ2v) is 16.6. The molecule has 7 aromatic rings. The largest absolute Gasteiger partial charge is 0.342 e. The number of hydrogen-bond acceptors (Lipinski definition) is 1. The van der Waals surface area contributed by atoms with Crippen LogP contribution in [0.5, 0.6) is 0 Å². The van der Waals surface area contributed by atoms with Crippen molar-refractivity contribution in [2.75, 3.05) is 0 Å². The van der Waals surface area contributed by atoms with Gasteiger partial charge in [-0.1, -0.05) is 188 Å². The van der Waals surface area contributed by atoms with Gasteiger partial charge in [0.1, 0.15) is 0 Å². The fraction of sp³-hybridized carbons (Fsp3) is 0.0455. The molecule has 224 valence electrons. The van der Waals surface area contributed by atoms with Crippen LogP contribution in [-0.4, -0.2) is 5.34 Å². The Hall–Kier alpha value is -4.64. The Morgan fingerprint density at radius 2 is 0.957 bits per heavy atom. The molecule has 1 heterocycles. The molecule has 0 saturated carbocycles. The van der Waals surface area contributed by atoms with Gasteiger partial charge in [-0.05, 0) is 70.3 Å². The molecule has 0 bridgehead atoms. The van der Waals surface area contributed by atoms with E-state index in [-0.39, 0.29) is 0 Å². The predicted molar refractivity (Wildman–Crippen MR) is 202 cm³/mol. The van der Waals surface area contributed by atoms with E-state index in [1.54, 1.807) is 0 Å². The van der Waals surface area contributed by atoms with Crippen LogP contribution < -0.4 is 26.5 Å². The Morgan fingerprint density at radius 1 is 0.447 bits per heavy atom. The van der Waals surface area contributed by atoms with Gasteiger partial charge < -0.3 is 4.74 Å². The van der Waals surface area contributed by atoms with Crippen molar-refractivity contribution in [1.29, 1.82) is 0 Å². The molecular formula is C44H32OP2. The minimum absolute atomic E-state index is 0.577. The third kappa shape index (κ3) is 4.50. The molecule has 1 nitrogen and oxygen atoms in total. The molecule has 1 aliphatic heterocycles. The molecule has 1 saturated heterocycles. The lowest BCUT2D eigenvalue weighted by Gasteiger charge is -2.34. The summed E-state index contributed by atoms with van der Waals surface area (Å²) in [6.45, 7) is 0. The summed E-state index contributed by atoms with van der Waals surface area (Å²) < 4.78 is 7.66. The molecule has 0 N–H and O–H groups in total. The van der Waals surface area contributed by atoms with E-state index < -0.39 is 26.8 Å². The second kappa shape index (κ2) is 11.6. The van der Waals surface area contributed by atoms with Crippen molar-refractivity contribution >= 4 is 59.2 Å². The number of ether oxygens (including phenoxy) is 1. The molecule has 0 radical (unpaired) electrons. The molecule has 1 fully saturated rings. The van der Waals surface area contributed by atoms with Gasteiger partial charge in [0.2, 0.25) is 0 Å². The van der Waals surface area contributed by atoms with Crippen LogP contribution >= 0.6 is 15.8 Å². The summed E-state index contributed by atoms with van der Waals surface area (Å²) in [6.07, 6.45) is 4.71. The van der Waals surface area contributed by atoms with Crippen molar-refractivity contribution in [2.45, 2.75) is 10.9 Å². The van der Waals surface area contributed by atoms with Crippen molar-refractivity contribution in [3.63, 3.8) is 0 Å². The van der Waals surface area contributed by atoms with Crippen LogP contribution in [0.1, 0.15) is 16.7 Å². The normalized spacial score (nSPS) is 19.4. The minimum Gasteiger partial charge on any atom is -0.342 e. The van der Waals surface area contributed by atoms with Gasteiger partial charge in [0.05, 0.1) is 0 Å². The van der Waals surface area contributed by atoms with E-state index in [2.05, 4.69) is 194 Å². The molecule has 1 aliphatic carbocycles. The lowest BCUT2D eigenvalue weighted by atomic mass is 9.79. The van der Waals surface area contributed by atoms with E-state index in [1.807, 2.05) is 0 Å². The zero-order valence-electron chi connectivity index (χ0n) is 25.8. The highest BCUT2D eigenvalue weighted by Gasteiger charge is 2.76. The predicted octanol–water partition coefficient (Wildman–Crippen LogP) is 8.73. The van der Waals surface area contributed by atoms with Gasteiger partial charge in [0.25, 0.3) is 0 Å². The number of epoxide rings is 1. The summed E-state index contributed by atoms with van der Waals surface area (Å²) in [4.78, 5) is 0. The Labute approximate surface area is 278 Å². The third-order valence-corrected chi connectivity index (χ3v) is 14.8. The van der Waals surface area contributed by atoms with E-state index in [4.69, 9.17) is 4.74 Å². The Bertz CT molecular complexity index is 2160. The van der Waals surface area contributed by atoms with E-state index in [0.717, 1.165) is 0 Å². The van der Waals surface area contributed by atoms with Gasteiger partial charge in [0, 0.05) is 5.56 Å².